The maximum absolute atomic E-state index is 13.2. The van der Waals surface area contributed by atoms with E-state index in [-0.39, 0.29) is 23.5 Å². The quantitative estimate of drug-likeness (QED) is 0.690. The molecule has 0 saturated carbocycles. The fraction of sp³-hybridized carbons (Fsp3) is 0.300. The van der Waals surface area contributed by atoms with Crippen molar-refractivity contribution in [1.82, 2.24) is 0 Å². The summed E-state index contributed by atoms with van der Waals surface area (Å²) in [7, 11) is 1.37. The van der Waals surface area contributed by atoms with Gasteiger partial charge in [-0.3, -0.25) is 4.79 Å². The summed E-state index contributed by atoms with van der Waals surface area (Å²) in [5.74, 6) is -2.18. The molecule has 0 aliphatic heterocycles. The van der Waals surface area contributed by atoms with Crippen LogP contribution in [0.4, 0.5) is 8.78 Å². The van der Waals surface area contributed by atoms with Crippen molar-refractivity contribution in [2.24, 2.45) is 0 Å². The van der Waals surface area contributed by atoms with Gasteiger partial charge in [-0.15, -0.1) is 0 Å². The van der Waals surface area contributed by atoms with Gasteiger partial charge >= 0.3 is 0 Å². The first-order chi connectivity index (χ1) is 6.65. The molecule has 0 atom stereocenters. The highest BCUT2D eigenvalue weighted by Crippen LogP contribution is 2.33. The summed E-state index contributed by atoms with van der Waals surface area (Å²) >= 11 is 0. The van der Waals surface area contributed by atoms with E-state index in [1.165, 1.54) is 7.11 Å². The molecule has 1 aliphatic carbocycles. The lowest BCUT2D eigenvalue weighted by atomic mass is 10.1. The summed E-state index contributed by atoms with van der Waals surface area (Å²) in [6.07, 6.45) is 0.653. The average Bonchev–Trinajstić information content (AvgIpc) is 2.54. The van der Waals surface area contributed by atoms with Gasteiger partial charge in [0.2, 0.25) is 0 Å². The molecule has 0 aromatic heterocycles. The van der Waals surface area contributed by atoms with E-state index in [1.807, 2.05) is 0 Å². The van der Waals surface area contributed by atoms with Crippen molar-refractivity contribution in [3.05, 3.63) is 28.8 Å². The van der Waals surface area contributed by atoms with Crippen LogP contribution in [0.25, 0.3) is 0 Å². The Morgan fingerprint density at radius 2 is 2.07 bits per heavy atom. The third-order valence-electron chi connectivity index (χ3n) is 2.39. The zero-order chi connectivity index (χ0) is 10.3. The van der Waals surface area contributed by atoms with E-state index in [9.17, 15) is 13.6 Å². The third-order valence-corrected chi connectivity index (χ3v) is 2.39. The first kappa shape index (κ1) is 9.12. The molecule has 0 radical (unpaired) electrons. The molecule has 1 aliphatic rings. The lowest BCUT2D eigenvalue weighted by Crippen LogP contribution is -2.01. The van der Waals surface area contributed by atoms with E-state index in [0.29, 0.717) is 12.0 Å². The predicted octanol–water partition coefficient (Wildman–Crippen LogP) is 2.10. The van der Waals surface area contributed by atoms with Crippen molar-refractivity contribution < 1.29 is 18.3 Å². The number of halogens is 2. The van der Waals surface area contributed by atoms with Gasteiger partial charge in [-0.25, -0.2) is 8.78 Å². The lowest BCUT2D eigenvalue weighted by molar-refractivity contribution is 0.0990. The van der Waals surface area contributed by atoms with Crippen LogP contribution in [0.2, 0.25) is 0 Å². The number of benzene rings is 1. The van der Waals surface area contributed by atoms with Crippen LogP contribution in [0.15, 0.2) is 6.07 Å². The van der Waals surface area contributed by atoms with E-state index < -0.39 is 11.6 Å². The van der Waals surface area contributed by atoms with E-state index in [1.54, 1.807) is 0 Å². The van der Waals surface area contributed by atoms with Crippen molar-refractivity contribution in [2.75, 3.05) is 7.11 Å². The maximum Gasteiger partial charge on any atom is 0.170 e. The molecule has 1 aromatic carbocycles. The molecular weight excluding hydrogens is 190 g/mol. The smallest absolute Gasteiger partial charge is 0.170 e. The van der Waals surface area contributed by atoms with Gasteiger partial charge in [0.15, 0.2) is 17.4 Å². The van der Waals surface area contributed by atoms with Crippen molar-refractivity contribution in [3.8, 4) is 5.75 Å². The van der Waals surface area contributed by atoms with E-state index in [0.717, 1.165) is 6.07 Å². The molecule has 0 N–H and O–H groups in total. The molecule has 0 unspecified atom stereocenters. The molecule has 0 saturated heterocycles. The van der Waals surface area contributed by atoms with Crippen LogP contribution in [0.3, 0.4) is 0 Å². The highest BCUT2D eigenvalue weighted by molar-refractivity contribution is 6.01. The van der Waals surface area contributed by atoms with Gasteiger partial charge in [0.1, 0.15) is 5.75 Å². The van der Waals surface area contributed by atoms with Crippen LogP contribution in [0, 0.1) is 11.6 Å². The molecule has 0 heterocycles. The lowest BCUT2D eigenvalue weighted by Gasteiger charge is -2.07. The minimum absolute atomic E-state index is 0.137. The number of methoxy groups -OCH3 is 1. The molecule has 4 heteroatoms. The van der Waals surface area contributed by atoms with Crippen LogP contribution in [0.5, 0.6) is 5.75 Å². The predicted molar refractivity (Wildman–Crippen MR) is 45.6 cm³/mol. The Morgan fingerprint density at radius 1 is 1.36 bits per heavy atom. The van der Waals surface area contributed by atoms with Crippen molar-refractivity contribution in [2.45, 2.75) is 12.8 Å². The Bertz CT molecular complexity index is 413. The standard InChI is InChI=1S/C10H8F2O2/c1-14-8-4-6(11)10(12)9-5(8)2-3-7(9)13/h4H,2-3H2,1H3. The van der Waals surface area contributed by atoms with Gasteiger partial charge in [-0.1, -0.05) is 0 Å². The van der Waals surface area contributed by atoms with Gasteiger partial charge in [0.25, 0.3) is 0 Å². The second-order valence-corrected chi connectivity index (χ2v) is 3.15. The number of carbonyl (C=O) groups excluding carboxylic acids is 1. The van der Waals surface area contributed by atoms with Gasteiger partial charge < -0.3 is 4.74 Å². The van der Waals surface area contributed by atoms with Crippen molar-refractivity contribution >= 4 is 5.78 Å². The number of ether oxygens (including phenoxy) is 1. The van der Waals surface area contributed by atoms with Crippen molar-refractivity contribution in [3.63, 3.8) is 0 Å². The molecule has 0 bridgehead atoms. The minimum atomic E-state index is -1.05. The molecule has 0 amide bonds. The monoisotopic (exact) mass is 198 g/mol. The summed E-state index contributed by atoms with van der Waals surface area (Å²) in [4.78, 5) is 11.2. The van der Waals surface area contributed by atoms with E-state index in [2.05, 4.69) is 0 Å². The Balaban J connectivity index is 2.72. The highest BCUT2D eigenvalue weighted by atomic mass is 19.2. The van der Waals surface area contributed by atoms with Crippen LogP contribution in [0.1, 0.15) is 22.3 Å². The Kier molecular flexibility index (Phi) is 1.98. The molecule has 2 nitrogen and oxygen atoms in total. The number of hydrogen-bond acceptors (Lipinski definition) is 2. The number of carbonyl (C=O) groups is 1. The second kappa shape index (κ2) is 3.04. The van der Waals surface area contributed by atoms with Crippen LogP contribution in [-0.2, 0) is 6.42 Å². The Labute approximate surface area is 79.5 Å². The molecule has 0 fully saturated rings. The largest absolute Gasteiger partial charge is 0.496 e. The first-order valence-corrected chi connectivity index (χ1v) is 4.23. The maximum atomic E-state index is 13.2. The summed E-state index contributed by atoms with van der Waals surface area (Å²) in [5, 5.41) is 0. The SMILES string of the molecule is COc1cc(F)c(F)c2c1CCC2=O. The van der Waals surface area contributed by atoms with E-state index >= 15 is 0 Å². The van der Waals surface area contributed by atoms with Crippen LogP contribution in [-0.4, -0.2) is 12.9 Å². The minimum Gasteiger partial charge on any atom is -0.496 e. The zero-order valence-corrected chi connectivity index (χ0v) is 7.56. The summed E-state index contributed by atoms with van der Waals surface area (Å²) in [6, 6.07) is 0.979. The molecule has 2 rings (SSSR count). The Morgan fingerprint density at radius 3 is 2.71 bits per heavy atom. The summed E-state index contributed by atoms with van der Waals surface area (Å²) in [6.45, 7) is 0. The zero-order valence-electron chi connectivity index (χ0n) is 7.56. The second-order valence-electron chi connectivity index (χ2n) is 3.15. The molecule has 74 valence electrons. The summed E-state index contributed by atoms with van der Waals surface area (Å²) < 4.78 is 31.1. The first-order valence-electron chi connectivity index (χ1n) is 4.23. The van der Waals surface area contributed by atoms with Crippen LogP contribution < -0.4 is 4.74 Å². The average molecular weight is 198 g/mol. The normalized spacial score (nSPS) is 14.4. The fourth-order valence-electron chi connectivity index (χ4n) is 1.73. The number of Topliss-reactive ketones (excluding diaryl/α,β-unsaturated/α-hetero) is 1. The molecular formula is C10H8F2O2. The fourth-order valence-corrected chi connectivity index (χ4v) is 1.73. The molecule has 1 aromatic rings. The number of hydrogen-bond donors (Lipinski definition) is 0. The molecule has 0 spiro atoms. The molecule has 14 heavy (non-hydrogen) atoms. The van der Waals surface area contributed by atoms with Gasteiger partial charge in [-0.05, 0) is 6.42 Å². The van der Waals surface area contributed by atoms with Crippen LogP contribution >= 0.6 is 0 Å². The Hall–Kier alpha value is -1.45. The van der Waals surface area contributed by atoms with E-state index in [4.69, 9.17) is 4.74 Å². The topological polar surface area (TPSA) is 26.3 Å². The number of fused-ring (bicyclic) bond motifs is 1. The summed E-state index contributed by atoms with van der Waals surface area (Å²) in [5.41, 5.74) is 0.346. The van der Waals surface area contributed by atoms with Gasteiger partial charge in [-0.2, -0.15) is 0 Å². The third kappa shape index (κ3) is 1.10. The van der Waals surface area contributed by atoms with Crippen molar-refractivity contribution in [1.29, 1.82) is 0 Å². The number of rotatable bonds is 1. The number of ketones is 1. The highest BCUT2D eigenvalue weighted by Gasteiger charge is 2.29. The van der Waals surface area contributed by atoms with Gasteiger partial charge in [0.05, 0.1) is 12.7 Å². The van der Waals surface area contributed by atoms with Gasteiger partial charge in [0, 0.05) is 18.1 Å².